The first-order valence-electron chi connectivity index (χ1n) is 6.43. The Kier molecular flexibility index (Phi) is 6.62. The number of methoxy groups -OCH3 is 1. The number of hydrogen-bond acceptors (Lipinski definition) is 6. The predicted molar refractivity (Wildman–Crippen MR) is 77.7 cm³/mol. The van der Waals surface area contributed by atoms with E-state index in [9.17, 15) is 4.79 Å². The molecule has 0 radical (unpaired) electrons. The van der Waals surface area contributed by atoms with Crippen LogP contribution in [0, 0.1) is 6.92 Å². The molecule has 1 aromatic rings. The van der Waals surface area contributed by atoms with Crippen LogP contribution in [0.4, 0.5) is 5.82 Å². The summed E-state index contributed by atoms with van der Waals surface area (Å²) in [5.74, 6) is 1.67. The Hall–Kier alpha value is -1.30. The molecule has 0 fully saturated rings. The second kappa shape index (κ2) is 7.99. The zero-order valence-electron chi connectivity index (χ0n) is 11.9. The number of carbonyl (C=O) groups is 1. The number of aryl methyl sites for hydroxylation is 1. The number of nitrogens with zero attached hydrogens (tertiary/aromatic N) is 2. The smallest absolute Gasteiger partial charge is 0.316 e. The van der Waals surface area contributed by atoms with E-state index in [0.29, 0.717) is 0 Å². The van der Waals surface area contributed by atoms with E-state index >= 15 is 0 Å². The molecule has 0 saturated carbocycles. The molecule has 0 amide bonds. The Morgan fingerprint density at radius 1 is 1.37 bits per heavy atom. The lowest BCUT2D eigenvalue weighted by Crippen LogP contribution is -2.09. The van der Waals surface area contributed by atoms with Crippen molar-refractivity contribution in [1.29, 1.82) is 0 Å². The van der Waals surface area contributed by atoms with E-state index in [2.05, 4.69) is 26.9 Å². The lowest BCUT2D eigenvalue weighted by molar-refractivity contribution is -0.137. The highest BCUT2D eigenvalue weighted by atomic mass is 32.2. The SMILES string of the molecule is CCCNc1nc(CC)nc(SCC(=O)OC)c1C. The third-order valence-electron chi connectivity index (χ3n) is 2.56. The third kappa shape index (κ3) is 4.70. The van der Waals surface area contributed by atoms with E-state index in [4.69, 9.17) is 0 Å². The summed E-state index contributed by atoms with van der Waals surface area (Å²) in [5.41, 5.74) is 0.986. The molecule has 1 rings (SSSR count). The van der Waals surface area contributed by atoms with E-state index in [1.165, 1.54) is 18.9 Å². The normalized spacial score (nSPS) is 10.3. The van der Waals surface area contributed by atoms with Gasteiger partial charge in [-0.1, -0.05) is 25.6 Å². The number of aromatic nitrogens is 2. The standard InChI is InChI=1S/C13H21N3O2S/c1-5-7-14-12-9(3)13(16-10(6-2)15-12)19-8-11(17)18-4/h5-8H2,1-4H3,(H,14,15,16). The summed E-state index contributed by atoms with van der Waals surface area (Å²) in [5, 5.41) is 4.14. The van der Waals surface area contributed by atoms with Crippen LogP contribution in [0.2, 0.25) is 0 Å². The van der Waals surface area contributed by atoms with Crippen LogP contribution in [0.1, 0.15) is 31.7 Å². The van der Waals surface area contributed by atoms with Gasteiger partial charge in [0.05, 0.1) is 12.9 Å². The van der Waals surface area contributed by atoms with Crippen molar-refractivity contribution in [2.45, 2.75) is 38.6 Å². The molecule has 0 unspecified atom stereocenters. The minimum atomic E-state index is -0.246. The number of nitrogens with one attached hydrogen (secondary N) is 1. The first-order valence-corrected chi connectivity index (χ1v) is 7.41. The molecule has 0 saturated heterocycles. The van der Waals surface area contributed by atoms with Crippen LogP contribution in [-0.4, -0.2) is 35.3 Å². The lowest BCUT2D eigenvalue weighted by Gasteiger charge is -2.12. The fraction of sp³-hybridized carbons (Fsp3) is 0.615. The van der Waals surface area contributed by atoms with Gasteiger partial charge in [-0.3, -0.25) is 4.79 Å². The zero-order chi connectivity index (χ0) is 14.3. The molecule has 6 heteroatoms. The molecular formula is C13H21N3O2S. The van der Waals surface area contributed by atoms with Crippen molar-refractivity contribution >= 4 is 23.5 Å². The van der Waals surface area contributed by atoms with Gasteiger partial charge in [0, 0.05) is 18.5 Å². The van der Waals surface area contributed by atoms with Gasteiger partial charge in [0.2, 0.25) is 0 Å². The molecule has 1 N–H and O–H groups in total. The number of esters is 1. The van der Waals surface area contributed by atoms with Crippen LogP contribution in [-0.2, 0) is 16.0 Å². The van der Waals surface area contributed by atoms with Crippen LogP contribution in [0.5, 0.6) is 0 Å². The summed E-state index contributed by atoms with van der Waals surface area (Å²) in [6.45, 7) is 6.97. The van der Waals surface area contributed by atoms with Crippen molar-refractivity contribution < 1.29 is 9.53 Å². The van der Waals surface area contributed by atoms with Crippen molar-refractivity contribution in [3.05, 3.63) is 11.4 Å². The highest BCUT2D eigenvalue weighted by molar-refractivity contribution is 7.99. The molecule has 0 spiro atoms. The summed E-state index contributed by atoms with van der Waals surface area (Å²) in [6.07, 6.45) is 1.81. The average molecular weight is 283 g/mol. The molecule has 0 aromatic carbocycles. The van der Waals surface area contributed by atoms with Gasteiger partial charge in [0.25, 0.3) is 0 Å². The Bertz CT molecular complexity index is 438. The van der Waals surface area contributed by atoms with Crippen LogP contribution in [0.15, 0.2) is 5.03 Å². The molecule has 0 atom stereocenters. The van der Waals surface area contributed by atoms with Gasteiger partial charge in [-0.15, -0.1) is 0 Å². The first kappa shape index (κ1) is 15.8. The van der Waals surface area contributed by atoms with Crippen molar-refractivity contribution in [2.75, 3.05) is 24.7 Å². The van der Waals surface area contributed by atoms with Crippen LogP contribution in [0.3, 0.4) is 0 Å². The van der Waals surface area contributed by atoms with E-state index in [1.54, 1.807) is 0 Å². The maximum Gasteiger partial charge on any atom is 0.316 e. The van der Waals surface area contributed by atoms with Crippen molar-refractivity contribution in [2.24, 2.45) is 0 Å². The predicted octanol–water partition coefficient (Wildman–Crippen LogP) is 2.43. The number of thioether (sulfide) groups is 1. The summed E-state index contributed by atoms with van der Waals surface area (Å²) in [7, 11) is 1.39. The summed E-state index contributed by atoms with van der Waals surface area (Å²) in [4.78, 5) is 20.2. The summed E-state index contributed by atoms with van der Waals surface area (Å²) in [6, 6.07) is 0. The molecule has 0 aliphatic rings. The Labute approximate surface area is 118 Å². The Balaban J connectivity index is 2.91. The quantitative estimate of drug-likeness (QED) is 0.471. The van der Waals surface area contributed by atoms with Gasteiger partial charge in [-0.05, 0) is 13.3 Å². The van der Waals surface area contributed by atoms with E-state index in [0.717, 1.165) is 41.6 Å². The van der Waals surface area contributed by atoms with Crippen LogP contribution >= 0.6 is 11.8 Å². The first-order chi connectivity index (χ1) is 9.12. The second-order valence-electron chi connectivity index (χ2n) is 4.06. The number of hydrogen-bond donors (Lipinski definition) is 1. The molecule has 0 aliphatic carbocycles. The molecular weight excluding hydrogens is 262 g/mol. The second-order valence-corrected chi connectivity index (χ2v) is 5.03. The molecule has 0 bridgehead atoms. The van der Waals surface area contributed by atoms with Crippen molar-refractivity contribution in [1.82, 2.24) is 9.97 Å². The van der Waals surface area contributed by atoms with E-state index < -0.39 is 0 Å². The van der Waals surface area contributed by atoms with Gasteiger partial charge < -0.3 is 10.1 Å². The van der Waals surface area contributed by atoms with Crippen LogP contribution in [0.25, 0.3) is 0 Å². The number of carbonyl (C=O) groups excluding carboxylic acids is 1. The van der Waals surface area contributed by atoms with Crippen molar-refractivity contribution in [3.8, 4) is 0 Å². The average Bonchev–Trinajstić information content (AvgIpc) is 2.44. The Morgan fingerprint density at radius 2 is 2.11 bits per heavy atom. The molecule has 5 nitrogen and oxygen atoms in total. The molecule has 19 heavy (non-hydrogen) atoms. The number of rotatable bonds is 7. The lowest BCUT2D eigenvalue weighted by atomic mass is 10.3. The molecule has 106 valence electrons. The highest BCUT2D eigenvalue weighted by Crippen LogP contribution is 2.25. The summed E-state index contributed by atoms with van der Waals surface area (Å²) < 4.78 is 4.64. The molecule has 0 aliphatic heterocycles. The van der Waals surface area contributed by atoms with Crippen LogP contribution < -0.4 is 5.32 Å². The number of anilines is 1. The van der Waals surface area contributed by atoms with Gasteiger partial charge in [0.1, 0.15) is 16.7 Å². The Morgan fingerprint density at radius 3 is 2.68 bits per heavy atom. The zero-order valence-corrected chi connectivity index (χ0v) is 12.8. The highest BCUT2D eigenvalue weighted by Gasteiger charge is 2.12. The minimum Gasteiger partial charge on any atom is -0.468 e. The van der Waals surface area contributed by atoms with Gasteiger partial charge >= 0.3 is 5.97 Å². The largest absolute Gasteiger partial charge is 0.468 e. The maximum atomic E-state index is 11.2. The maximum absolute atomic E-state index is 11.2. The third-order valence-corrected chi connectivity index (χ3v) is 3.61. The van der Waals surface area contributed by atoms with Gasteiger partial charge in [-0.25, -0.2) is 9.97 Å². The minimum absolute atomic E-state index is 0.246. The molecule has 1 heterocycles. The fourth-order valence-electron chi connectivity index (χ4n) is 1.44. The number of ether oxygens (including phenoxy) is 1. The topological polar surface area (TPSA) is 64.1 Å². The van der Waals surface area contributed by atoms with Gasteiger partial charge in [0.15, 0.2) is 0 Å². The molecule has 1 aromatic heterocycles. The fourth-order valence-corrected chi connectivity index (χ4v) is 2.30. The van der Waals surface area contributed by atoms with Crippen molar-refractivity contribution in [3.63, 3.8) is 0 Å². The monoisotopic (exact) mass is 283 g/mol. The summed E-state index contributed by atoms with van der Waals surface area (Å²) >= 11 is 1.39. The van der Waals surface area contributed by atoms with E-state index in [1.807, 2.05) is 13.8 Å². The van der Waals surface area contributed by atoms with E-state index in [-0.39, 0.29) is 11.7 Å². The van der Waals surface area contributed by atoms with Gasteiger partial charge in [-0.2, -0.15) is 0 Å².